The topological polar surface area (TPSA) is 113 Å². The highest BCUT2D eigenvalue weighted by atomic mass is 16.4. The number of carboxylic acids is 1. The number of aryl methyl sites for hydroxylation is 1. The van der Waals surface area contributed by atoms with E-state index in [-0.39, 0.29) is 24.3 Å². The first-order valence-electron chi connectivity index (χ1n) is 12.1. The Labute approximate surface area is 200 Å². The molecule has 2 amide bonds. The Morgan fingerprint density at radius 2 is 1.85 bits per heavy atom. The Hall–Kier alpha value is -3.19. The molecule has 0 aromatic heterocycles. The molecular formula is C27H33N3O4. The lowest BCUT2D eigenvalue weighted by Gasteiger charge is -2.25. The molecule has 3 atom stereocenters. The van der Waals surface area contributed by atoms with E-state index in [0.717, 1.165) is 25.7 Å². The Morgan fingerprint density at radius 1 is 1.09 bits per heavy atom. The molecular weight excluding hydrogens is 430 g/mol. The van der Waals surface area contributed by atoms with Gasteiger partial charge in [0.05, 0.1) is 12.3 Å². The minimum absolute atomic E-state index is 0.125. The van der Waals surface area contributed by atoms with Gasteiger partial charge < -0.3 is 21.1 Å². The lowest BCUT2D eigenvalue weighted by atomic mass is 10.0. The van der Waals surface area contributed by atoms with Gasteiger partial charge in [0.25, 0.3) is 5.91 Å². The Balaban J connectivity index is 1.37. The fourth-order valence-corrected chi connectivity index (χ4v) is 5.27. The van der Waals surface area contributed by atoms with Crippen LogP contribution in [-0.4, -0.2) is 53.5 Å². The molecule has 0 spiro atoms. The van der Waals surface area contributed by atoms with Gasteiger partial charge in [0, 0.05) is 24.7 Å². The summed E-state index contributed by atoms with van der Waals surface area (Å²) in [4.78, 5) is 38.8. The van der Waals surface area contributed by atoms with Crippen LogP contribution in [0, 0.1) is 11.8 Å². The first-order valence-corrected chi connectivity index (χ1v) is 12.1. The van der Waals surface area contributed by atoms with Crippen molar-refractivity contribution in [3.63, 3.8) is 0 Å². The van der Waals surface area contributed by atoms with Gasteiger partial charge in [-0.05, 0) is 73.4 Å². The van der Waals surface area contributed by atoms with Crippen molar-refractivity contribution in [3.05, 3.63) is 70.8 Å². The van der Waals surface area contributed by atoms with Crippen molar-refractivity contribution in [2.24, 2.45) is 17.6 Å². The number of fused-ring (bicyclic) bond motifs is 1. The van der Waals surface area contributed by atoms with Crippen molar-refractivity contribution >= 4 is 17.8 Å². The highest BCUT2D eigenvalue weighted by molar-refractivity contribution is 5.94. The molecule has 0 saturated carbocycles. The molecule has 7 nitrogen and oxygen atoms in total. The number of nitrogens with two attached hydrogens (primary N) is 1. The number of carboxylic acid groups (broad SMARTS) is 1. The highest BCUT2D eigenvalue weighted by Gasteiger charge is 2.40. The summed E-state index contributed by atoms with van der Waals surface area (Å²) in [6.45, 7) is 1.50. The molecule has 0 bridgehead atoms. The smallest absolute Gasteiger partial charge is 0.304 e. The van der Waals surface area contributed by atoms with E-state index in [4.69, 9.17) is 5.73 Å². The van der Waals surface area contributed by atoms with Crippen LogP contribution in [0.25, 0.3) is 0 Å². The van der Waals surface area contributed by atoms with Crippen LogP contribution in [0.4, 0.5) is 0 Å². The molecule has 0 radical (unpaired) electrons. The quantitative estimate of drug-likeness (QED) is 0.501. The zero-order valence-corrected chi connectivity index (χ0v) is 19.4. The van der Waals surface area contributed by atoms with Crippen molar-refractivity contribution in [2.75, 3.05) is 19.6 Å². The van der Waals surface area contributed by atoms with Gasteiger partial charge in [-0.2, -0.15) is 0 Å². The summed E-state index contributed by atoms with van der Waals surface area (Å²) in [6.07, 6.45) is 3.75. The Kier molecular flexibility index (Phi) is 7.63. The van der Waals surface area contributed by atoms with E-state index in [1.165, 1.54) is 16.7 Å². The first-order chi connectivity index (χ1) is 16.4. The highest BCUT2D eigenvalue weighted by Crippen LogP contribution is 2.29. The van der Waals surface area contributed by atoms with E-state index in [9.17, 15) is 19.5 Å². The number of amides is 2. The van der Waals surface area contributed by atoms with Crippen molar-refractivity contribution in [1.29, 1.82) is 0 Å². The molecule has 1 unspecified atom stereocenters. The largest absolute Gasteiger partial charge is 0.481 e. The summed E-state index contributed by atoms with van der Waals surface area (Å²) < 4.78 is 0. The third kappa shape index (κ3) is 5.65. The van der Waals surface area contributed by atoms with Crippen LogP contribution in [0.5, 0.6) is 0 Å². The maximum Gasteiger partial charge on any atom is 0.304 e. The fraction of sp³-hybridized carbons (Fsp3) is 0.444. The predicted molar refractivity (Wildman–Crippen MR) is 129 cm³/mol. The van der Waals surface area contributed by atoms with Gasteiger partial charge >= 0.3 is 5.97 Å². The van der Waals surface area contributed by atoms with Crippen LogP contribution in [0.3, 0.4) is 0 Å². The number of benzene rings is 2. The number of rotatable bonds is 10. The predicted octanol–water partition coefficient (Wildman–Crippen LogP) is 2.41. The Morgan fingerprint density at radius 3 is 2.59 bits per heavy atom. The summed E-state index contributed by atoms with van der Waals surface area (Å²) in [5, 5.41) is 12.2. The van der Waals surface area contributed by atoms with E-state index in [0.29, 0.717) is 37.5 Å². The monoisotopic (exact) mass is 463 g/mol. The Bertz CT molecular complexity index is 1040. The van der Waals surface area contributed by atoms with Crippen LogP contribution in [0.15, 0.2) is 48.5 Å². The van der Waals surface area contributed by atoms with E-state index in [2.05, 4.69) is 17.4 Å². The number of nitrogens with one attached hydrogen (secondary N) is 1. The SMILES string of the molecule is NCC1Cc2ccc(C(=O)NC[C@@H]3C[C@@H](CC(=O)O)C(=O)N3CCCc3ccccc3)cc2C1. The van der Waals surface area contributed by atoms with Crippen LogP contribution in [0.2, 0.25) is 0 Å². The maximum atomic E-state index is 12.9. The fourth-order valence-electron chi connectivity index (χ4n) is 5.27. The third-order valence-corrected chi connectivity index (χ3v) is 7.08. The van der Waals surface area contributed by atoms with Gasteiger partial charge in [-0.15, -0.1) is 0 Å². The number of hydrogen-bond donors (Lipinski definition) is 3. The van der Waals surface area contributed by atoms with Crippen molar-refractivity contribution in [1.82, 2.24) is 10.2 Å². The second-order valence-corrected chi connectivity index (χ2v) is 9.51. The molecule has 34 heavy (non-hydrogen) atoms. The third-order valence-electron chi connectivity index (χ3n) is 7.08. The number of likely N-dealkylation sites (tertiary alicyclic amines) is 1. The van der Waals surface area contributed by atoms with Gasteiger partial charge in [0.2, 0.25) is 5.91 Å². The van der Waals surface area contributed by atoms with Crippen LogP contribution in [0.1, 0.15) is 46.3 Å². The molecule has 4 N–H and O–H groups in total. The number of nitrogens with zero attached hydrogens (tertiary/aromatic N) is 1. The minimum atomic E-state index is -0.971. The maximum absolute atomic E-state index is 12.9. The van der Waals surface area contributed by atoms with Crippen LogP contribution in [-0.2, 0) is 28.9 Å². The zero-order valence-electron chi connectivity index (χ0n) is 19.4. The summed E-state index contributed by atoms with van der Waals surface area (Å²) in [5.41, 5.74) is 10.1. The van der Waals surface area contributed by atoms with Gasteiger partial charge in [0.15, 0.2) is 0 Å². The molecule has 1 aliphatic heterocycles. The first kappa shape index (κ1) is 24.0. The van der Waals surface area contributed by atoms with Crippen molar-refractivity contribution in [3.8, 4) is 0 Å². The van der Waals surface area contributed by atoms with Crippen LogP contribution >= 0.6 is 0 Å². The minimum Gasteiger partial charge on any atom is -0.481 e. The van der Waals surface area contributed by atoms with Crippen LogP contribution < -0.4 is 11.1 Å². The second-order valence-electron chi connectivity index (χ2n) is 9.51. The summed E-state index contributed by atoms with van der Waals surface area (Å²) in [7, 11) is 0. The number of carbonyl (C=O) groups excluding carboxylic acids is 2. The average molecular weight is 464 g/mol. The van der Waals surface area contributed by atoms with E-state index >= 15 is 0 Å². The lowest BCUT2D eigenvalue weighted by Crippen LogP contribution is -2.42. The molecule has 180 valence electrons. The van der Waals surface area contributed by atoms with Gasteiger partial charge in [0.1, 0.15) is 0 Å². The number of carbonyl (C=O) groups is 3. The average Bonchev–Trinajstić information content (AvgIpc) is 3.38. The summed E-state index contributed by atoms with van der Waals surface area (Å²) in [6, 6.07) is 15.7. The van der Waals surface area contributed by atoms with Gasteiger partial charge in [-0.3, -0.25) is 14.4 Å². The molecule has 2 aliphatic rings. The number of aliphatic carboxylic acids is 1. The van der Waals surface area contributed by atoms with E-state index in [1.807, 2.05) is 36.4 Å². The molecule has 1 aliphatic carbocycles. The summed E-state index contributed by atoms with van der Waals surface area (Å²) in [5.74, 6) is -1.36. The molecule has 1 heterocycles. The summed E-state index contributed by atoms with van der Waals surface area (Å²) >= 11 is 0. The van der Waals surface area contributed by atoms with E-state index in [1.54, 1.807) is 4.90 Å². The lowest BCUT2D eigenvalue weighted by molar-refractivity contribution is -0.142. The normalized spacial score (nSPS) is 21.5. The second kappa shape index (κ2) is 10.8. The van der Waals surface area contributed by atoms with Crippen molar-refractivity contribution < 1.29 is 19.5 Å². The zero-order chi connectivity index (χ0) is 24.1. The van der Waals surface area contributed by atoms with Gasteiger partial charge in [-0.1, -0.05) is 36.4 Å². The van der Waals surface area contributed by atoms with Gasteiger partial charge in [-0.25, -0.2) is 0 Å². The van der Waals surface area contributed by atoms with Crippen molar-refractivity contribution in [2.45, 2.75) is 44.6 Å². The standard InChI is InChI=1S/C27H33N3O4/c28-16-19-11-20-8-9-21(13-22(20)12-19)26(33)29-17-24-14-23(15-25(31)32)27(34)30(24)10-4-7-18-5-2-1-3-6-18/h1-3,5-6,8-9,13,19,23-24H,4,7,10-12,14-17,28H2,(H,29,33)(H,31,32)/t19?,23-,24-/m0/s1. The molecule has 2 aromatic rings. The molecule has 2 aromatic carbocycles. The molecule has 1 fully saturated rings. The molecule has 1 saturated heterocycles. The number of hydrogen-bond acceptors (Lipinski definition) is 4. The molecule has 7 heteroatoms. The molecule has 4 rings (SSSR count). The van der Waals surface area contributed by atoms with E-state index < -0.39 is 11.9 Å².